The summed E-state index contributed by atoms with van der Waals surface area (Å²) < 4.78 is 23.8. The fraction of sp³-hybridized carbons (Fsp3) is 0.0870. The number of hydrogen-bond donors (Lipinski definition) is 1. The minimum absolute atomic E-state index is 0.125. The SMILES string of the molecule is COc1ccc(NC(=O)CN2C(=O)SC(=Cc3ccc(-c4ccc(F)cc4)o3)C2=O)cc1Cl. The number of anilines is 1. The van der Waals surface area contributed by atoms with E-state index in [9.17, 15) is 18.8 Å². The third-order valence-corrected chi connectivity index (χ3v) is 5.84. The number of furan rings is 1. The summed E-state index contributed by atoms with van der Waals surface area (Å²) in [6, 6.07) is 13.8. The van der Waals surface area contributed by atoms with E-state index in [2.05, 4.69) is 5.32 Å². The molecule has 7 nitrogen and oxygen atoms in total. The van der Waals surface area contributed by atoms with E-state index >= 15 is 0 Å². The summed E-state index contributed by atoms with van der Waals surface area (Å²) in [4.78, 5) is 38.3. The Morgan fingerprint density at radius 2 is 1.94 bits per heavy atom. The molecule has 1 saturated heterocycles. The minimum Gasteiger partial charge on any atom is -0.495 e. The van der Waals surface area contributed by atoms with Crippen molar-refractivity contribution in [2.24, 2.45) is 0 Å². The number of carbonyl (C=O) groups is 3. The number of nitrogens with one attached hydrogen (secondary N) is 1. The second-order valence-electron chi connectivity index (χ2n) is 6.87. The number of ether oxygens (including phenoxy) is 1. The fourth-order valence-electron chi connectivity index (χ4n) is 3.05. The molecule has 1 aliphatic heterocycles. The van der Waals surface area contributed by atoms with Gasteiger partial charge in [-0.1, -0.05) is 11.6 Å². The normalized spacial score (nSPS) is 14.8. The van der Waals surface area contributed by atoms with Crippen LogP contribution in [0.1, 0.15) is 5.76 Å². The first kappa shape index (κ1) is 22.6. The van der Waals surface area contributed by atoms with Crippen molar-refractivity contribution >= 4 is 52.2 Å². The molecule has 1 aliphatic rings. The summed E-state index contributed by atoms with van der Waals surface area (Å²) in [6.07, 6.45) is 1.43. The summed E-state index contributed by atoms with van der Waals surface area (Å²) in [5.74, 6) is -0.247. The lowest BCUT2D eigenvalue weighted by molar-refractivity contribution is -0.127. The lowest BCUT2D eigenvalue weighted by atomic mass is 10.2. The number of halogens is 2. The number of amides is 3. The third-order valence-electron chi connectivity index (χ3n) is 4.64. The Morgan fingerprint density at radius 1 is 1.18 bits per heavy atom. The fourth-order valence-corrected chi connectivity index (χ4v) is 4.13. The number of methoxy groups -OCH3 is 1. The molecule has 1 N–H and O–H groups in total. The van der Waals surface area contributed by atoms with Crippen molar-refractivity contribution in [2.75, 3.05) is 19.0 Å². The van der Waals surface area contributed by atoms with Gasteiger partial charge in [0.15, 0.2) is 0 Å². The molecule has 2 heterocycles. The maximum atomic E-state index is 13.1. The summed E-state index contributed by atoms with van der Waals surface area (Å²) in [7, 11) is 1.47. The van der Waals surface area contributed by atoms with Crippen molar-refractivity contribution in [3.05, 3.63) is 76.1 Å². The van der Waals surface area contributed by atoms with Crippen molar-refractivity contribution in [3.8, 4) is 17.1 Å². The highest BCUT2D eigenvalue weighted by molar-refractivity contribution is 8.18. The molecule has 33 heavy (non-hydrogen) atoms. The molecule has 0 bridgehead atoms. The molecule has 0 saturated carbocycles. The highest BCUT2D eigenvalue weighted by Gasteiger charge is 2.36. The summed E-state index contributed by atoms with van der Waals surface area (Å²) >= 11 is 6.75. The third kappa shape index (κ3) is 5.10. The van der Waals surface area contributed by atoms with Gasteiger partial charge in [0.1, 0.15) is 29.6 Å². The van der Waals surface area contributed by atoms with Crippen LogP contribution in [-0.2, 0) is 9.59 Å². The van der Waals surface area contributed by atoms with Gasteiger partial charge >= 0.3 is 0 Å². The molecule has 1 aromatic heterocycles. The van der Waals surface area contributed by atoms with Crippen LogP contribution in [0.3, 0.4) is 0 Å². The van der Waals surface area contributed by atoms with Gasteiger partial charge in [-0.3, -0.25) is 19.3 Å². The molecule has 2 aromatic carbocycles. The number of hydrogen-bond acceptors (Lipinski definition) is 6. The summed E-state index contributed by atoms with van der Waals surface area (Å²) in [5, 5.41) is 2.33. The Morgan fingerprint density at radius 3 is 2.64 bits per heavy atom. The van der Waals surface area contributed by atoms with Crippen LogP contribution in [-0.4, -0.2) is 35.6 Å². The van der Waals surface area contributed by atoms with Crippen molar-refractivity contribution in [1.82, 2.24) is 4.90 Å². The predicted octanol–water partition coefficient (Wildman–Crippen LogP) is 5.42. The second-order valence-corrected chi connectivity index (χ2v) is 8.27. The zero-order valence-corrected chi connectivity index (χ0v) is 18.7. The van der Waals surface area contributed by atoms with Gasteiger partial charge < -0.3 is 14.5 Å². The van der Waals surface area contributed by atoms with Crippen LogP contribution in [0.2, 0.25) is 5.02 Å². The highest BCUT2D eigenvalue weighted by atomic mass is 35.5. The van der Waals surface area contributed by atoms with Crippen LogP contribution in [0.5, 0.6) is 5.75 Å². The van der Waals surface area contributed by atoms with E-state index in [4.69, 9.17) is 20.8 Å². The maximum Gasteiger partial charge on any atom is 0.294 e. The van der Waals surface area contributed by atoms with E-state index in [1.54, 1.807) is 36.4 Å². The molecule has 0 aliphatic carbocycles. The lowest BCUT2D eigenvalue weighted by Gasteiger charge is -2.13. The largest absolute Gasteiger partial charge is 0.495 e. The molecule has 0 atom stereocenters. The van der Waals surface area contributed by atoms with Crippen LogP contribution in [0.25, 0.3) is 17.4 Å². The van der Waals surface area contributed by atoms with Gasteiger partial charge in [-0.25, -0.2) is 4.39 Å². The average molecular weight is 487 g/mol. The van der Waals surface area contributed by atoms with E-state index in [0.29, 0.717) is 45.3 Å². The van der Waals surface area contributed by atoms with Crippen LogP contribution < -0.4 is 10.1 Å². The molecule has 0 unspecified atom stereocenters. The zero-order chi connectivity index (χ0) is 23.5. The molecule has 0 radical (unpaired) electrons. The van der Waals surface area contributed by atoms with Gasteiger partial charge in [0, 0.05) is 17.3 Å². The Kier molecular flexibility index (Phi) is 6.52. The van der Waals surface area contributed by atoms with E-state index in [1.807, 2.05) is 0 Å². The molecule has 168 valence electrons. The Balaban J connectivity index is 1.43. The number of carbonyl (C=O) groups excluding carboxylic acids is 3. The predicted molar refractivity (Wildman–Crippen MR) is 123 cm³/mol. The number of benzene rings is 2. The summed E-state index contributed by atoms with van der Waals surface area (Å²) in [6.45, 7) is -0.454. The first-order chi connectivity index (χ1) is 15.8. The summed E-state index contributed by atoms with van der Waals surface area (Å²) in [5.41, 5.74) is 1.07. The van der Waals surface area contributed by atoms with Gasteiger partial charge in [-0.2, -0.15) is 0 Å². The van der Waals surface area contributed by atoms with Crippen molar-refractivity contribution in [3.63, 3.8) is 0 Å². The Labute approximate surface area is 197 Å². The second kappa shape index (κ2) is 9.51. The zero-order valence-electron chi connectivity index (χ0n) is 17.1. The van der Waals surface area contributed by atoms with Crippen molar-refractivity contribution < 1.29 is 27.9 Å². The molecular formula is C23H16ClFN2O5S. The van der Waals surface area contributed by atoms with Gasteiger partial charge in [-0.15, -0.1) is 0 Å². The molecule has 3 aromatic rings. The first-order valence-electron chi connectivity index (χ1n) is 9.58. The average Bonchev–Trinajstić information content (AvgIpc) is 3.35. The molecule has 4 rings (SSSR count). The molecule has 1 fully saturated rings. The number of imide groups is 1. The number of thioether (sulfide) groups is 1. The van der Waals surface area contributed by atoms with Crippen molar-refractivity contribution in [1.29, 1.82) is 0 Å². The Bertz CT molecular complexity index is 1270. The van der Waals surface area contributed by atoms with Gasteiger partial charge in [0.25, 0.3) is 11.1 Å². The number of rotatable bonds is 6. The smallest absolute Gasteiger partial charge is 0.294 e. The van der Waals surface area contributed by atoms with E-state index in [-0.39, 0.29) is 10.7 Å². The molecular weight excluding hydrogens is 471 g/mol. The quantitative estimate of drug-likeness (QED) is 0.468. The monoisotopic (exact) mass is 486 g/mol. The first-order valence-corrected chi connectivity index (χ1v) is 10.8. The van der Waals surface area contributed by atoms with Gasteiger partial charge in [0.05, 0.1) is 17.0 Å². The number of nitrogens with zero attached hydrogens (tertiary/aromatic N) is 1. The molecule has 10 heteroatoms. The van der Waals surface area contributed by atoms with Crippen LogP contribution in [0.4, 0.5) is 14.9 Å². The van der Waals surface area contributed by atoms with E-state index < -0.39 is 23.6 Å². The minimum atomic E-state index is -0.604. The van der Waals surface area contributed by atoms with Crippen LogP contribution in [0.15, 0.2) is 63.9 Å². The Hall–Kier alpha value is -3.56. The van der Waals surface area contributed by atoms with E-state index in [1.165, 1.54) is 31.4 Å². The van der Waals surface area contributed by atoms with Crippen LogP contribution >= 0.6 is 23.4 Å². The topological polar surface area (TPSA) is 88.8 Å². The van der Waals surface area contributed by atoms with Crippen molar-refractivity contribution in [2.45, 2.75) is 0 Å². The standard InChI is InChI=1S/C23H16ClFN2O5S/c1-31-19-8-6-15(10-17(19)24)26-21(28)12-27-22(29)20(33-23(27)30)11-16-7-9-18(32-16)13-2-4-14(25)5-3-13/h2-11H,12H2,1H3,(H,26,28). The molecule has 3 amide bonds. The van der Waals surface area contributed by atoms with Gasteiger partial charge in [-0.05, 0) is 66.4 Å². The molecule has 0 spiro atoms. The lowest BCUT2D eigenvalue weighted by Crippen LogP contribution is -2.36. The maximum absolute atomic E-state index is 13.1. The van der Waals surface area contributed by atoms with Crippen LogP contribution in [0, 0.1) is 5.82 Å². The highest BCUT2D eigenvalue weighted by Crippen LogP contribution is 2.33. The van der Waals surface area contributed by atoms with Gasteiger partial charge in [0.2, 0.25) is 5.91 Å². The van der Waals surface area contributed by atoms with E-state index in [0.717, 1.165) is 4.90 Å².